The van der Waals surface area contributed by atoms with Crippen LogP contribution in [-0.2, 0) is 13.0 Å². The Hall–Kier alpha value is -1.68. The van der Waals surface area contributed by atoms with Crippen molar-refractivity contribution in [2.45, 2.75) is 38.8 Å². The Morgan fingerprint density at radius 3 is 3.28 bits per heavy atom. The third-order valence-corrected chi connectivity index (χ3v) is 3.67. The maximum absolute atomic E-state index is 4.54. The minimum absolute atomic E-state index is 0.379. The number of pyridine rings is 1. The molecule has 0 spiro atoms. The summed E-state index contributed by atoms with van der Waals surface area (Å²) in [6, 6.07) is 4.60. The molecule has 2 N–H and O–H groups in total. The Kier molecular flexibility index (Phi) is 3.11. The monoisotopic (exact) mass is 242 g/mol. The third kappa shape index (κ3) is 2.16. The number of rotatable bonds is 3. The summed E-state index contributed by atoms with van der Waals surface area (Å²) in [5.41, 5.74) is 4.99. The van der Waals surface area contributed by atoms with E-state index in [2.05, 4.69) is 33.5 Å². The molecule has 0 amide bonds. The van der Waals surface area contributed by atoms with E-state index in [9.17, 15) is 0 Å². The highest BCUT2D eigenvalue weighted by atomic mass is 15.1. The van der Waals surface area contributed by atoms with Crippen LogP contribution in [0.3, 0.4) is 0 Å². The van der Waals surface area contributed by atoms with Gasteiger partial charge in [-0.1, -0.05) is 6.07 Å². The second-order valence-corrected chi connectivity index (χ2v) is 4.89. The van der Waals surface area contributed by atoms with Gasteiger partial charge >= 0.3 is 0 Å². The van der Waals surface area contributed by atoms with Crippen LogP contribution >= 0.6 is 0 Å². The maximum Gasteiger partial charge on any atom is 0.0605 e. The molecule has 3 rings (SSSR count). The van der Waals surface area contributed by atoms with Gasteiger partial charge in [-0.25, -0.2) is 0 Å². The Morgan fingerprint density at radius 2 is 2.44 bits per heavy atom. The number of H-pyrrole nitrogens is 1. The Balaban J connectivity index is 1.73. The van der Waals surface area contributed by atoms with Crippen molar-refractivity contribution in [2.24, 2.45) is 0 Å². The summed E-state index contributed by atoms with van der Waals surface area (Å²) in [6.07, 6.45) is 7.35. The van der Waals surface area contributed by atoms with Gasteiger partial charge in [0.05, 0.1) is 17.9 Å². The highest BCUT2D eigenvalue weighted by molar-refractivity contribution is 5.25. The molecule has 18 heavy (non-hydrogen) atoms. The lowest BCUT2D eigenvalue weighted by Crippen LogP contribution is -2.26. The summed E-state index contributed by atoms with van der Waals surface area (Å²) in [5.74, 6) is 0. The number of aryl methyl sites for hydroxylation is 2. The number of aromatic nitrogens is 3. The highest BCUT2D eigenvalue weighted by Gasteiger charge is 2.20. The first kappa shape index (κ1) is 11.4. The molecule has 1 aliphatic carbocycles. The lowest BCUT2D eigenvalue weighted by atomic mass is 9.92. The van der Waals surface area contributed by atoms with E-state index in [1.807, 2.05) is 18.5 Å². The predicted molar refractivity (Wildman–Crippen MR) is 70.1 cm³/mol. The van der Waals surface area contributed by atoms with E-state index in [1.54, 1.807) is 0 Å². The van der Waals surface area contributed by atoms with Gasteiger partial charge in [-0.15, -0.1) is 0 Å². The van der Waals surface area contributed by atoms with Crippen molar-refractivity contribution in [3.63, 3.8) is 0 Å². The summed E-state index contributed by atoms with van der Waals surface area (Å²) in [4.78, 5) is 4.54. The number of fused-ring (bicyclic) bond motifs is 1. The fraction of sp³-hybridized carbons (Fsp3) is 0.429. The molecule has 0 saturated carbocycles. The summed E-state index contributed by atoms with van der Waals surface area (Å²) in [5, 5.41) is 10.6. The van der Waals surface area contributed by atoms with E-state index >= 15 is 0 Å². The molecular formula is C14H18N4. The molecule has 2 aromatic heterocycles. The first-order valence-corrected chi connectivity index (χ1v) is 6.50. The molecule has 0 aromatic carbocycles. The normalized spacial score (nSPS) is 18.6. The van der Waals surface area contributed by atoms with E-state index in [0.29, 0.717) is 6.04 Å². The van der Waals surface area contributed by atoms with E-state index in [1.165, 1.54) is 29.7 Å². The van der Waals surface area contributed by atoms with Crippen molar-refractivity contribution < 1.29 is 0 Å². The van der Waals surface area contributed by atoms with E-state index in [0.717, 1.165) is 18.7 Å². The number of nitrogens with zero attached hydrogens (tertiary/aromatic N) is 2. The van der Waals surface area contributed by atoms with Gasteiger partial charge in [-0.3, -0.25) is 10.1 Å². The number of aromatic amines is 1. The molecule has 94 valence electrons. The van der Waals surface area contributed by atoms with Crippen LogP contribution in [0, 0.1) is 6.92 Å². The SMILES string of the molecule is Cc1[nH]ncc1CNC1CCCc2cccnc21. The molecule has 0 aliphatic heterocycles. The van der Waals surface area contributed by atoms with Gasteiger partial charge in [0, 0.05) is 24.0 Å². The van der Waals surface area contributed by atoms with Gasteiger partial charge in [0.15, 0.2) is 0 Å². The molecule has 0 fully saturated rings. The Morgan fingerprint density at radius 1 is 1.50 bits per heavy atom. The molecule has 2 aromatic rings. The lowest BCUT2D eigenvalue weighted by Gasteiger charge is -2.25. The molecule has 4 nitrogen and oxygen atoms in total. The zero-order valence-electron chi connectivity index (χ0n) is 10.6. The molecule has 1 unspecified atom stereocenters. The average molecular weight is 242 g/mol. The van der Waals surface area contributed by atoms with Gasteiger partial charge in [-0.05, 0) is 37.8 Å². The molecule has 0 saturated heterocycles. The average Bonchev–Trinajstić information content (AvgIpc) is 2.82. The first-order chi connectivity index (χ1) is 8.84. The van der Waals surface area contributed by atoms with Crippen molar-refractivity contribution in [1.29, 1.82) is 0 Å². The number of nitrogens with one attached hydrogen (secondary N) is 2. The fourth-order valence-corrected chi connectivity index (χ4v) is 2.60. The summed E-state index contributed by atoms with van der Waals surface area (Å²) in [7, 11) is 0. The van der Waals surface area contributed by atoms with Crippen LogP contribution in [0.15, 0.2) is 24.5 Å². The van der Waals surface area contributed by atoms with Crippen LogP contribution < -0.4 is 5.32 Å². The highest BCUT2D eigenvalue weighted by Crippen LogP contribution is 2.27. The van der Waals surface area contributed by atoms with Crippen LogP contribution in [0.5, 0.6) is 0 Å². The van der Waals surface area contributed by atoms with Gasteiger partial charge in [0.1, 0.15) is 0 Å². The zero-order valence-corrected chi connectivity index (χ0v) is 10.6. The number of hydrogen-bond donors (Lipinski definition) is 2. The Labute approximate surface area is 107 Å². The van der Waals surface area contributed by atoms with Crippen LogP contribution in [0.2, 0.25) is 0 Å². The topological polar surface area (TPSA) is 53.6 Å². The Bertz CT molecular complexity index is 532. The molecule has 2 heterocycles. The van der Waals surface area contributed by atoms with Crippen LogP contribution in [0.25, 0.3) is 0 Å². The molecular weight excluding hydrogens is 224 g/mol. The first-order valence-electron chi connectivity index (χ1n) is 6.50. The fourth-order valence-electron chi connectivity index (χ4n) is 2.60. The van der Waals surface area contributed by atoms with Crippen LogP contribution in [0.1, 0.15) is 41.4 Å². The van der Waals surface area contributed by atoms with Crippen molar-refractivity contribution in [3.05, 3.63) is 47.0 Å². The zero-order chi connectivity index (χ0) is 12.4. The van der Waals surface area contributed by atoms with E-state index in [-0.39, 0.29) is 0 Å². The second kappa shape index (κ2) is 4.90. The smallest absolute Gasteiger partial charge is 0.0605 e. The van der Waals surface area contributed by atoms with E-state index in [4.69, 9.17) is 0 Å². The van der Waals surface area contributed by atoms with Crippen LogP contribution in [-0.4, -0.2) is 15.2 Å². The number of hydrogen-bond acceptors (Lipinski definition) is 3. The van der Waals surface area contributed by atoms with Gasteiger partial charge in [-0.2, -0.15) is 5.10 Å². The van der Waals surface area contributed by atoms with Gasteiger partial charge < -0.3 is 5.32 Å². The van der Waals surface area contributed by atoms with E-state index < -0.39 is 0 Å². The third-order valence-electron chi connectivity index (χ3n) is 3.67. The molecule has 0 bridgehead atoms. The predicted octanol–water partition coefficient (Wildman–Crippen LogP) is 2.28. The second-order valence-electron chi connectivity index (χ2n) is 4.89. The minimum atomic E-state index is 0.379. The standard InChI is InChI=1S/C14H18N4/c1-10-12(9-17-18-10)8-16-13-6-2-4-11-5-3-7-15-14(11)13/h3,5,7,9,13,16H,2,4,6,8H2,1H3,(H,17,18). The summed E-state index contributed by atoms with van der Waals surface area (Å²) < 4.78 is 0. The quantitative estimate of drug-likeness (QED) is 0.868. The molecule has 1 atom stereocenters. The molecule has 0 radical (unpaired) electrons. The molecule has 4 heteroatoms. The van der Waals surface area contributed by atoms with Gasteiger partial charge in [0.25, 0.3) is 0 Å². The van der Waals surface area contributed by atoms with Crippen molar-refractivity contribution in [1.82, 2.24) is 20.5 Å². The summed E-state index contributed by atoms with van der Waals surface area (Å²) >= 11 is 0. The maximum atomic E-state index is 4.54. The van der Waals surface area contributed by atoms with Crippen molar-refractivity contribution >= 4 is 0 Å². The lowest BCUT2D eigenvalue weighted by molar-refractivity contribution is 0.447. The van der Waals surface area contributed by atoms with Crippen molar-refractivity contribution in [2.75, 3.05) is 0 Å². The van der Waals surface area contributed by atoms with Crippen LogP contribution in [0.4, 0.5) is 0 Å². The van der Waals surface area contributed by atoms with Gasteiger partial charge in [0.2, 0.25) is 0 Å². The minimum Gasteiger partial charge on any atom is -0.304 e. The van der Waals surface area contributed by atoms with Crippen molar-refractivity contribution in [3.8, 4) is 0 Å². The molecule has 1 aliphatic rings. The summed E-state index contributed by atoms with van der Waals surface area (Å²) in [6.45, 7) is 2.90. The largest absolute Gasteiger partial charge is 0.304 e.